The van der Waals surface area contributed by atoms with E-state index in [9.17, 15) is 9.59 Å². The normalized spacial score (nSPS) is 21.8. The predicted molar refractivity (Wildman–Crippen MR) is 97.8 cm³/mol. The molecule has 2 amide bonds. The SMILES string of the molecule is C[C@@H]1COC(=O)N1c1cnc(CC2CCN(C(=O)C(C)(C)C)CC2)cn1. The van der Waals surface area contributed by atoms with Crippen LogP contribution in [0.2, 0.25) is 0 Å². The van der Waals surface area contributed by atoms with Gasteiger partial charge in [-0.05, 0) is 32.1 Å². The maximum absolute atomic E-state index is 12.4. The van der Waals surface area contributed by atoms with Gasteiger partial charge in [0.15, 0.2) is 5.82 Å². The average molecular weight is 360 g/mol. The molecule has 7 nitrogen and oxygen atoms in total. The molecule has 0 saturated carbocycles. The van der Waals surface area contributed by atoms with Gasteiger partial charge in [-0.2, -0.15) is 0 Å². The lowest BCUT2D eigenvalue weighted by molar-refractivity contribution is -0.140. The summed E-state index contributed by atoms with van der Waals surface area (Å²) in [5, 5.41) is 0. The van der Waals surface area contributed by atoms with Crippen LogP contribution in [0.25, 0.3) is 0 Å². The van der Waals surface area contributed by atoms with Crippen molar-refractivity contribution in [2.24, 2.45) is 11.3 Å². The van der Waals surface area contributed by atoms with Crippen LogP contribution >= 0.6 is 0 Å². The molecule has 2 saturated heterocycles. The van der Waals surface area contributed by atoms with Crippen molar-refractivity contribution in [3.8, 4) is 0 Å². The number of rotatable bonds is 3. The lowest BCUT2D eigenvalue weighted by atomic mass is 9.89. The molecule has 0 radical (unpaired) electrons. The number of likely N-dealkylation sites (tertiary alicyclic amines) is 1. The standard InChI is InChI=1S/C19H28N4O3/c1-13-12-26-18(25)23(13)16-11-20-15(10-21-16)9-14-5-7-22(8-6-14)17(24)19(2,3)4/h10-11,13-14H,5-9,12H2,1-4H3/t13-/m1/s1. The van der Waals surface area contributed by atoms with Crippen LogP contribution in [0, 0.1) is 11.3 Å². The van der Waals surface area contributed by atoms with E-state index in [0.717, 1.165) is 38.0 Å². The summed E-state index contributed by atoms with van der Waals surface area (Å²) in [6.45, 7) is 9.83. The van der Waals surface area contributed by atoms with E-state index in [-0.39, 0.29) is 23.5 Å². The molecule has 1 aromatic heterocycles. The van der Waals surface area contributed by atoms with E-state index in [0.29, 0.717) is 18.3 Å². The van der Waals surface area contributed by atoms with Crippen molar-refractivity contribution >= 4 is 17.8 Å². The van der Waals surface area contributed by atoms with Crippen LogP contribution in [0.15, 0.2) is 12.4 Å². The topological polar surface area (TPSA) is 75.6 Å². The van der Waals surface area contributed by atoms with Crippen molar-refractivity contribution < 1.29 is 14.3 Å². The molecule has 142 valence electrons. The second-order valence-corrected chi connectivity index (χ2v) is 8.35. The molecule has 1 atom stereocenters. The van der Waals surface area contributed by atoms with Crippen LogP contribution in [0.3, 0.4) is 0 Å². The first-order chi connectivity index (χ1) is 12.3. The lowest BCUT2D eigenvalue weighted by Crippen LogP contribution is -2.44. The Hall–Kier alpha value is -2.18. The summed E-state index contributed by atoms with van der Waals surface area (Å²) in [7, 11) is 0. The summed E-state index contributed by atoms with van der Waals surface area (Å²) in [4.78, 5) is 36.5. The molecule has 0 aromatic carbocycles. The Morgan fingerprint density at radius 1 is 1.23 bits per heavy atom. The number of amides is 2. The number of nitrogens with zero attached hydrogens (tertiary/aromatic N) is 4. The van der Waals surface area contributed by atoms with Crippen LogP contribution in [0.1, 0.15) is 46.2 Å². The summed E-state index contributed by atoms with van der Waals surface area (Å²) in [6.07, 6.45) is 5.86. The van der Waals surface area contributed by atoms with Crippen molar-refractivity contribution in [1.29, 1.82) is 0 Å². The van der Waals surface area contributed by atoms with Gasteiger partial charge in [-0.1, -0.05) is 20.8 Å². The summed E-state index contributed by atoms with van der Waals surface area (Å²) in [6, 6.07) is -0.0210. The van der Waals surface area contributed by atoms with E-state index < -0.39 is 0 Å². The number of carbonyl (C=O) groups is 2. The van der Waals surface area contributed by atoms with E-state index in [1.165, 1.54) is 4.90 Å². The average Bonchev–Trinajstić information content (AvgIpc) is 2.94. The number of anilines is 1. The second kappa shape index (κ2) is 7.21. The molecule has 0 unspecified atom stereocenters. The molecule has 0 bridgehead atoms. The van der Waals surface area contributed by atoms with Crippen molar-refractivity contribution in [2.45, 2.75) is 53.0 Å². The van der Waals surface area contributed by atoms with Gasteiger partial charge < -0.3 is 9.64 Å². The fourth-order valence-electron chi connectivity index (χ4n) is 3.52. The zero-order chi connectivity index (χ0) is 18.9. The quantitative estimate of drug-likeness (QED) is 0.828. The summed E-state index contributed by atoms with van der Waals surface area (Å²) in [5.74, 6) is 1.27. The zero-order valence-corrected chi connectivity index (χ0v) is 16.1. The van der Waals surface area contributed by atoms with E-state index in [4.69, 9.17) is 4.74 Å². The maximum Gasteiger partial charge on any atom is 0.415 e. The molecule has 26 heavy (non-hydrogen) atoms. The molecule has 0 aliphatic carbocycles. The number of hydrogen-bond donors (Lipinski definition) is 0. The van der Waals surface area contributed by atoms with Gasteiger partial charge in [0.2, 0.25) is 5.91 Å². The van der Waals surface area contributed by atoms with Crippen molar-refractivity contribution in [2.75, 3.05) is 24.6 Å². The molecular formula is C19H28N4O3. The highest BCUT2D eigenvalue weighted by molar-refractivity contribution is 5.88. The van der Waals surface area contributed by atoms with Gasteiger partial charge in [0.05, 0.1) is 24.1 Å². The first-order valence-corrected chi connectivity index (χ1v) is 9.32. The van der Waals surface area contributed by atoms with E-state index >= 15 is 0 Å². The third kappa shape index (κ3) is 3.97. The van der Waals surface area contributed by atoms with Gasteiger partial charge in [0, 0.05) is 18.5 Å². The number of hydrogen-bond acceptors (Lipinski definition) is 5. The van der Waals surface area contributed by atoms with Gasteiger partial charge >= 0.3 is 6.09 Å². The fraction of sp³-hybridized carbons (Fsp3) is 0.684. The Bertz CT molecular complexity index is 660. The Morgan fingerprint density at radius 3 is 2.42 bits per heavy atom. The molecule has 0 spiro atoms. The van der Waals surface area contributed by atoms with Crippen LogP contribution in [0.5, 0.6) is 0 Å². The molecule has 3 rings (SSSR count). The summed E-state index contributed by atoms with van der Waals surface area (Å²) >= 11 is 0. The summed E-state index contributed by atoms with van der Waals surface area (Å²) in [5.41, 5.74) is 0.608. The molecule has 1 aromatic rings. The molecule has 3 heterocycles. The van der Waals surface area contributed by atoms with E-state index in [1.807, 2.05) is 32.6 Å². The van der Waals surface area contributed by atoms with Crippen molar-refractivity contribution in [3.05, 3.63) is 18.1 Å². The Labute approximate surface area is 154 Å². The van der Waals surface area contributed by atoms with Crippen LogP contribution in [-0.4, -0.2) is 52.6 Å². The lowest BCUT2D eigenvalue weighted by Gasteiger charge is -2.35. The van der Waals surface area contributed by atoms with Gasteiger partial charge in [-0.25, -0.2) is 9.78 Å². The maximum atomic E-state index is 12.4. The van der Waals surface area contributed by atoms with Crippen LogP contribution in [-0.2, 0) is 16.0 Å². The number of aromatic nitrogens is 2. The minimum absolute atomic E-state index is 0.0210. The van der Waals surface area contributed by atoms with Crippen LogP contribution < -0.4 is 4.90 Å². The van der Waals surface area contributed by atoms with E-state index in [2.05, 4.69) is 9.97 Å². The number of carbonyl (C=O) groups excluding carboxylic acids is 2. The van der Waals surface area contributed by atoms with Crippen LogP contribution in [0.4, 0.5) is 10.6 Å². The number of cyclic esters (lactones) is 1. The highest BCUT2D eigenvalue weighted by atomic mass is 16.6. The first-order valence-electron chi connectivity index (χ1n) is 9.32. The van der Waals surface area contributed by atoms with E-state index in [1.54, 1.807) is 12.4 Å². The molecular weight excluding hydrogens is 332 g/mol. The molecule has 2 aliphatic heterocycles. The molecule has 7 heteroatoms. The fourth-order valence-corrected chi connectivity index (χ4v) is 3.52. The second-order valence-electron chi connectivity index (χ2n) is 8.35. The minimum Gasteiger partial charge on any atom is -0.447 e. The van der Waals surface area contributed by atoms with Gasteiger partial charge in [-0.15, -0.1) is 0 Å². The number of ether oxygens (including phenoxy) is 1. The van der Waals surface area contributed by atoms with Gasteiger partial charge in [-0.3, -0.25) is 14.7 Å². The van der Waals surface area contributed by atoms with Crippen molar-refractivity contribution in [1.82, 2.24) is 14.9 Å². The third-order valence-corrected chi connectivity index (χ3v) is 5.07. The molecule has 2 aliphatic rings. The third-order valence-electron chi connectivity index (χ3n) is 5.07. The highest BCUT2D eigenvalue weighted by Crippen LogP contribution is 2.26. The first kappa shape index (κ1) is 18.6. The molecule has 2 fully saturated rings. The van der Waals surface area contributed by atoms with Gasteiger partial charge in [0.25, 0.3) is 0 Å². The van der Waals surface area contributed by atoms with Gasteiger partial charge in [0.1, 0.15) is 6.61 Å². The Balaban J connectivity index is 1.54. The highest BCUT2D eigenvalue weighted by Gasteiger charge is 2.32. The van der Waals surface area contributed by atoms with Crippen molar-refractivity contribution in [3.63, 3.8) is 0 Å². The predicted octanol–water partition coefficient (Wildman–Crippen LogP) is 2.65. The zero-order valence-electron chi connectivity index (χ0n) is 16.1. The Kier molecular flexibility index (Phi) is 5.16. The largest absolute Gasteiger partial charge is 0.447 e. The molecule has 0 N–H and O–H groups in total. The number of piperidine rings is 1. The minimum atomic E-state index is -0.365. The smallest absolute Gasteiger partial charge is 0.415 e. The summed E-state index contributed by atoms with van der Waals surface area (Å²) < 4.78 is 5.02. The Morgan fingerprint density at radius 2 is 1.92 bits per heavy atom. The monoisotopic (exact) mass is 360 g/mol.